The van der Waals surface area contributed by atoms with Crippen LogP contribution in [0.15, 0.2) is 24.3 Å². The summed E-state index contributed by atoms with van der Waals surface area (Å²) in [6.07, 6.45) is -0.176. The van der Waals surface area contributed by atoms with Crippen molar-refractivity contribution in [1.29, 1.82) is 0 Å². The van der Waals surface area contributed by atoms with Crippen LogP contribution in [0.4, 0.5) is 0 Å². The van der Waals surface area contributed by atoms with Crippen molar-refractivity contribution in [2.75, 3.05) is 6.54 Å². The van der Waals surface area contributed by atoms with E-state index in [2.05, 4.69) is 0 Å². The first kappa shape index (κ1) is 11.5. The van der Waals surface area contributed by atoms with E-state index in [1.807, 2.05) is 25.1 Å². The minimum atomic E-state index is -1.04. The van der Waals surface area contributed by atoms with Crippen LogP contribution in [0.2, 0.25) is 0 Å². The van der Waals surface area contributed by atoms with E-state index < -0.39 is 12.1 Å². The highest BCUT2D eigenvalue weighted by molar-refractivity contribution is 5.73. The highest BCUT2D eigenvalue weighted by atomic mass is 16.5. The molecule has 1 aromatic carbocycles. The van der Waals surface area contributed by atoms with Gasteiger partial charge in [0.1, 0.15) is 5.75 Å². The summed E-state index contributed by atoms with van der Waals surface area (Å²) in [7, 11) is 0. The monoisotopic (exact) mass is 209 g/mol. The van der Waals surface area contributed by atoms with E-state index >= 15 is 0 Å². The van der Waals surface area contributed by atoms with Gasteiger partial charge in [0.2, 0.25) is 6.10 Å². The minimum Gasteiger partial charge on any atom is -0.478 e. The number of para-hydroxylation sites is 1. The molecule has 0 aliphatic heterocycles. The van der Waals surface area contributed by atoms with Gasteiger partial charge in [0.15, 0.2) is 0 Å². The lowest BCUT2D eigenvalue weighted by atomic mass is 10.1. The summed E-state index contributed by atoms with van der Waals surface area (Å²) in [5.41, 5.74) is 6.29. The Kier molecular flexibility index (Phi) is 4.12. The first-order valence-corrected chi connectivity index (χ1v) is 4.86. The number of hydrogen-bond acceptors (Lipinski definition) is 3. The van der Waals surface area contributed by atoms with Crippen LogP contribution in [0.25, 0.3) is 0 Å². The van der Waals surface area contributed by atoms with Crippen molar-refractivity contribution in [2.45, 2.75) is 19.4 Å². The number of aliphatic carboxylic acids is 1. The second kappa shape index (κ2) is 5.36. The first-order valence-electron chi connectivity index (χ1n) is 4.86. The minimum absolute atomic E-state index is 0.0343. The molecular weight excluding hydrogens is 194 g/mol. The Labute approximate surface area is 88.7 Å². The number of benzene rings is 1. The molecule has 1 atom stereocenters. The van der Waals surface area contributed by atoms with Gasteiger partial charge in [0.25, 0.3) is 0 Å². The van der Waals surface area contributed by atoms with Crippen LogP contribution < -0.4 is 10.5 Å². The number of nitrogens with two attached hydrogens (primary N) is 1. The van der Waals surface area contributed by atoms with Gasteiger partial charge in [0, 0.05) is 6.54 Å². The molecule has 4 heteroatoms. The average molecular weight is 209 g/mol. The summed E-state index contributed by atoms with van der Waals surface area (Å²) in [6, 6.07) is 7.36. The molecule has 0 radical (unpaired) electrons. The van der Waals surface area contributed by atoms with Crippen molar-refractivity contribution in [3.8, 4) is 5.75 Å². The molecule has 0 saturated carbocycles. The zero-order valence-electron chi connectivity index (χ0n) is 8.64. The fraction of sp³-hybridized carbons (Fsp3) is 0.364. The van der Waals surface area contributed by atoms with Crippen LogP contribution in [0.3, 0.4) is 0 Å². The van der Waals surface area contributed by atoms with Gasteiger partial charge in [-0.05, 0) is 18.1 Å². The van der Waals surface area contributed by atoms with Gasteiger partial charge in [-0.15, -0.1) is 0 Å². The molecule has 0 aliphatic carbocycles. The van der Waals surface area contributed by atoms with Crippen LogP contribution in [0.5, 0.6) is 5.75 Å². The average Bonchev–Trinajstić information content (AvgIpc) is 2.25. The molecule has 0 aliphatic rings. The van der Waals surface area contributed by atoms with E-state index in [4.69, 9.17) is 15.6 Å². The van der Waals surface area contributed by atoms with Crippen molar-refractivity contribution in [3.05, 3.63) is 29.8 Å². The summed E-state index contributed by atoms with van der Waals surface area (Å²) in [4.78, 5) is 10.7. The number of rotatable bonds is 5. The first-order chi connectivity index (χ1) is 7.19. The van der Waals surface area contributed by atoms with Gasteiger partial charge >= 0.3 is 5.97 Å². The van der Waals surface area contributed by atoms with Gasteiger partial charge in [-0.1, -0.05) is 25.1 Å². The second-order valence-electron chi connectivity index (χ2n) is 3.14. The van der Waals surface area contributed by atoms with Gasteiger partial charge in [0.05, 0.1) is 0 Å². The number of carboxylic acids is 1. The number of aryl methyl sites for hydroxylation is 1. The third-order valence-corrected chi connectivity index (χ3v) is 2.11. The molecular formula is C11H15NO3. The standard InChI is InChI=1S/C11H15NO3/c1-2-8-5-3-4-6-9(8)15-10(7-12)11(13)14/h3-6,10H,2,7,12H2,1H3,(H,13,14). The molecule has 0 fully saturated rings. The molecule has 15 heavy (non-hydrogen) atoms. The molecule has 1 unspecified atom stereocenters. The summed E-state index contributed by atoms with van der Waals surface area (Å²) in [5.74, 6) is -0.443. The summed E-state index contributed by atoms with van der Waals surface area (Å²) in [5, 5.41) is 8.79. The predicted octanol–water partition coefficient (Wildman–Crippen LogP) is 1.04. The molecule has 0 saturated heterocycles. The molecule has 3 N–H and O–H groups in total. The zero-order chi connectivity index (χ0) is 11.3. The maximum absolute atomic E-state index is 10.7. The van der Waals surface area contributed by atoms with Crippen molar-refractivity contribution < 1.29 is 14.6 Å². The highest BCUT2D eigenvalue weighted by Gasteiger charge is 2.17. The topological polar surface area (TPSA) is 72.5 Å². The van der Waals surface area contributed by atoms with E-state index in [9.17, 15) is 4.79 Å². The maximum Gasteiger partial charge on any atom is 0.346 e. The van der Waals surface area contributed by atoms with Gasteiger partial charge in [-0.25, -0.2) is 4.79 Å². The van der Waals surface area contributed by atoms with Crippen LogP contribution in [-0.2, 0) is 11.2 Å². The van der Waals surface area contributed by atoms with Crippen LogP contribution in [-0.4, -0.2) is 23.7 Å². The zero-order valence-corrected chi connectivity index (χ0v) is 8.64. The molecule has 0 spiro atoms. The lowest BCUT2D eigenvalue weighted by Gasteiger charge is -2.15. The molecule has 1 rings (SSSR count). The van der Waals surface area contributed by atoms with Crippen LogP contribution >= 0.6 is 0 Å². The van der Waals surface area contributed by atoms with E-state index in [1.165, 1.54) is 0 Å². The van der Waals surface area contributed by atoms with Gasteiger partial charge in [-0.3, -0.25) is 0 Å². The Morgan fingerprint density at radius 3 is 2.73 bits per heavy atom. The molecule has 0 amide bonds. The predicted molar refractivity (Wildman–Crippen MR) is 56.9 cm³/mol. The normalized spacial score (nSPS) is 12.1. The Morgan fingerprint density at radius 2 is 2.20 bits per heavy atom. The molecule has 0 aromatic heterocycles. The molecule has 0 bridgehead atoms. The number of carbonyl (C=O) groups is 1. The molecule has 82 valence electrons. The summed E-state index contributed by atoms with van der Waals surface area (Å²) < 4.78 is 5.32. The van der Waals surface area contributed by atoms with Crippen molar-refractivity contribution >= 4 is 5.97 Å². The number of ether oxygens (including phenoxy) is 1. The molecule has 4 nitrogen and oxygen atoms in total. The summed E-state index contributed by atoms with van der Waals surface area (Å²) in [6.45, 7) is 1.95. The van der Waals surface area contributed by atoms with E-state index in [0.29, 0.717) is 5.75 Å². The number of hydrogen-bond donors (Lipinski definition) is 2. The largest absolute Gasteiger partial charge is 0.478 e. The maximum atomic E-state index is 10.7. The van der Waals surface area contributed by atoms with E-state index in [-0.39, 0.29) is 6.54 Å². The second-order valence-corrected chi connectivity index (χ2v) is 3.14. The van der Waals surface area contributed by atoms with Crippen LogP contribution in [0, 0.1) is 0 Å². The SMILES string of the molecule is CCc1ccccc1OC(CN)C(=O)O. The fourth-order valence-electron chi connectivity index (χ4n) is 1.26. The quantitative estimate of drug-likeness (QED) is 0.760. The van der Waals surface area contributed by atoms with Crippen molar-refractivity contribution in [3.63, 3.8) is 0 Å². The molecule has 0 heterocycles. The third kappa shape index (κ3) is 2.95. The van der Waals surface area contributed by atoms with Crippen LogP contribution in [0.1, 0.15) is 12.5 Å². The Hall–Kier alpha value is -1.55. The summed E-state index contributed by atoms with van der Waals surface area (Å²) >= 11 is 0. The smallest absolute Gasteiger partial charge is 0.346 e. The third-order valence-electron chi connectivity index (χ3n) is 2.11. The molecule has 1 aromatic rings. The van der Waals surface area contributed by atoms with E-state index in [1.54, 1.807) is 6.07 Å². The fourth-order valence-corrected chi connectivity index (χ4v) is 1.26. The Morgan fingerprint density at radius 1 is 1.53 bits per heavy atom. The number of carboxylic acid groups (broad SMARTS) is 1. The van der Waals surface area contributed by atoms with Crippen molar-refractivity contribution in [1.82, 2.24) is 0 Å². The van der Waals surface area contributed by atoms with Gasteiger partial charge < -0.3 is 15.6 Å². The lowest BCUT2D eigenvalue weighted by molar-refractivity contribution is -0.144. The van der Waals surface area contributed by atoms with Crippen molar-refractivity contribution in [2.24, 2.45) is 5.73 Å². The van der Waals surface area contributed by atoms with Gasteiger partial charge in [-0.2, -0.15) is 0 Å². The van der Waals surface area contributed by atoms with E-state index in [0.717, 1.165) is 12.0 Å². The highest BCUT2D eigenvalue weighted by Crippen LogP contribution is 2.19. The Bertz CT molecular complexity index is 338. The Balaban J connectivity index is 2.82. The lowest BCUT2D eigenvalue weighted by Crippen LogP contribution is -2.34.